The second kappa shape index (κ2) is 8.99. The number of rotatable bonds is 8. The van der Waals surface area contributed by atoms with E-state index in [-0.39, 0.29) is 5.91 Å². The average molecular weight is 280 g/mol. The highest BCUT2D eigenvalue weighted by atomic mass is 32.2. The Morgan fingerprint density at radius 3 is 2.84 bits per heavy atom. The second-order valence-corrected chi connectivity index (χ2v) is 5.55. The van der Waals surface area contributed by atoms with Crippen LogP contribution < -0.4 is 11.1 Å². The summed E-state index contributed by atoms with van der Waals surface area (Å²) in [6.07, 6.45) is 5.61. The average Bonchev–Trinajstić information content (AvgIpc) is 2.43. The molecule has 3 nitrogen and oxygen atoms in total. The van der Waals surface area contributed by atoms with Gasteiger partial charge in [-0.1, -0.05) is 19.4 Å². The van der Waals surface area contributed by atoms with E-state index in [1.165, 1.54) is 0 Å². The van der Waals surface area contributed by atoms with Crippen LogP contribution in [0.15, 0.2) is 29.2 Å². The summed E-state index contributed by atoms with van der Waals surface area (Å²) >= 11 is 1.67. The maximum absolute atomic E-state index is 11.9. The number of nitrogens with two attached hydrogens (primary N) is 1. The SMILES string of the molecule is CCC(CCN)CCC(=O)Nc1cccc(SC)c1. The number of nitrogens with one attached hydrogen (secondary N) is 1. The van der Waals surface area contributed by atoms with Gasteiger partial charge in [-0.05, 0) is 49.8 Å². The first-order valence-electron chi connectivity index (χ1n) is 6.83. The first-order valence-corrected chi connectivity index (χ1v) is 8.06. The summed E-state index contributed by atoms with van der Waals surface area (Å²) < 4.78 is 0. The molecule has 0 bridgehead atoms. The molecule has 0 saturated carbocycles. The van der Waals surface area contributed by atoms with E-state index >= 15 is 0 Å². The normalized spacial score (nSPS) is 12.2. The maximum atomic E-state index is 11.9. The summed E-state index contributed by atoms with van der Waals surface area (Å²) in [5, 5.41) is 2.95. The number of carbonyl (C=O) groups is 1. The third-order valence-corrected chi connectivity index (χ3v) is 4.01. The molecule has 3 N–H and O–H groups in total. The van der Waals surface area contributed by atoms with Crippen LogP contribution in [-0.2, 0) is 4.79 Å². The monoisotopic (exact) mass is 280 g/mol. The van der Waals surface area contributed by atoms with Crippen molar-refractivity contribution in [1.29, 1.82) is 0 Å². The van der Waals surface area contributed by atoms with Gasteiger partial charge >= 0.3 is 0 Å². The lowest BCUT2D eigenvalue weighted by Gasteiger charge is -2.13. The summed E-state index contributed by atoms with van der Waals surface area (Å²) in [6.45, 7) is 2.86. The number of benzene rings is 1. The van der Waals surface area contributed by atoms with E-state index in [1.54, 1.807) is 11.8 Å². The molecular weight excluding hydrogens is 256 g/mol. The quantitative estimate of drug-likeness (QED) is 0.717. The van der Waals surface area contributed by atoms with Crippen LogP contribution in [0, 0.1) is 5.92 Å². The molecule has 1 aromatic rings. The van der Waals surface area contributed by atoms with Gasteiger partial charge in [-0.3, -0.25) is 4.79 Å². The van der Waals surface area contributed by atoms with Gasteiger partial charge in [0.15, 0.2) is 0 Å². The van der Waals surface area contributed by atoms with Crippen LogP contribution in [0.25, 0.3) is 0 Å². The van der Waals surface area contributed by atoms with E-state index in [4.69, 9.17) is 5.73 Å². The van der Waals surface area contributed by atoms with Crippen molar-refractivity contribution in [3.8, 4) is 0 Å². The van der Waals surface area contributed by atoms with E-state index in [0.717, 1.165) is 29.8 Å². The lowest BCUT2D eigenvalue weighted by molar-refractivity contribution is -0.116. The predicted octanol–water partition coefficient (Wildman–Crippen LogP) is 3.50. The Bertz CT molecular complexity index is 395. The molecule has 1 amide bonds. The summed E-state index contributed by atoms with van der Waals surface area (Å²) in [5.74, 6) is 0.655. The molecule has 1 rings (SSSR count). The van der Waals surface area contributed by atoms with Crippen LogP contribution in [0.2, 0.25) is 0 Å². The number of hydrogen-bond donors (Lipinski definition) is 2. The minimum atomic E-state index is 0.0914. The van der Waals surface area contributed by atoms with Crippen molar-refractivity contribution in [2.45, 2.75) is 37.5 Å². The fourth-order valence-corrected chi connectivity index (χ4v) is 2.51. The van der Waals surface area contributed by atoms with Crippen molar-refractivity contribution in [3.05, 3.63) is 24.3 Å². The Kier molecular flexibility index (Phi) is 7.60. The predicted molar refractivity (Wildman–Crippen MR) is 83.5 cm³/mol. The highest BCUT2D eigenvalue weighted by Gasteiger charge is 2.09. The van der Waals surface area contributed by atoms with Crippen LogP contribution in [0.4, 0.5) is 5.69 Å². The summed E-state index contributed by atoms with van der Waals surface area (Å²) in [7, 11) is 0. The number of hydrogen-bond acceptors (Lipinski definition) is 3. The van der Waals surface area contributed by atoms with Gasteiger partial charge in [-0.15, -0.1) is 11.8 Å². The molecule has 0 fully saturated rings. The first-order chi connectivity index (χ1) is 9.19. The topological polar surface area (TPSA) is 55.1 Å². The molecule has 4 heteroatoms. The van der Waals surface area contributed by atoms with E-state index in [0.29, 0.717) is 18.9 Å². The molecule has 0 saturated heterocycles. The van der Waals surface area contributed by atoms with Gasteiger partial charge in [-0.2, -0.15) is 0 Å². The van der Waals surface area contributed by atoms with Gasteiger partial charge in [-0.25, -0.2) is 0 Å². The molecule has 1 unspecified atom stereocenters. The summed E-state index contributed by atoms with van der Waals surface area (Å²) in [4.78, 5) is 13.0. The third-order valence-electron chi connectivity index (χ3n) is 3.29. The van der Waals surface area contributed by atoms with Crippen molar-refractivity contribution in [3.63, 3.8) is 0 Å². The zero-order valence-corrected chi connectivity index (χ0v) is 12.6. The molecule has 0 aliphatic carbocycles. The van der Waals surface area contributed by atoms with Crippen LogP contribution in [-0.4, -0.2) is 18.7 Å². The van der Waals surface area contributed by atoms with Crippen LogP contribution in [0.5, 0.6) is 0 Å². The zero-order chi connectivity index (χ0) is 14.1. The smallest absolute Gasteiger partial charge is 0.224 e. The van der Waals surface area contributed by atoms with E-state index < -0.39 is 0 Å². The number of carbonyl (C=O) groups excluding carboxylic acids is 1. The van der Waals surface area contributed by atoms with Crippen molar-refractivity contribution in [2.24, 2.45) is 11.7 Å². The molecular formula is C15H24N2OS. The van der Waals surface area contributed by atoms with Crippen LogP contribution in [0.1, 0.15) is 32.6 Å². The van der Waals surface area contributed by atoms with Gasteiger partial charge in [0.05, 0.1) is 0 Å². The number of amides is 1. The minimum Gasteiger partial charge on any atom is -0.330 e. The first kappa shape index (κ1) is 16.1. The lowest BCUT2D eigenvalue weighted by atomic mass is 9.96. The fourth-order valence-electron chi connectivity index (χ4n) is 2.05. The zero-order valence-electron chi connectivity index (χ0n) is 11.8. The van der Waals surface area contributed by atoms with Crippen molar-refractivity contribution >= 4 is 23.4 Å². The summed E-state index contributed by atoms with van der Waals surface area (Å²) in [5.41, 5.74) is 6.44. The highest BCUT2D eigenvalue weighted by molar-refractivity contribution is 7.98. The molecule has 0 aliphatic heterocycles. The molecule has 1 aromatic carbocycles. The van der Waals surface area contributed by atoms with Gasteiger partial charge in [0.25, 0.3) is 0 Å². The number of thioether (sulfide) groups is 1. The Balaban J connectivity index is 2.41. The van der Waals surface area contributed by atoms with Crippen LogP contribution in [0.3, 0.4) is 0 Å². The van der Waals surface area contributed by atoms with Crippen molar-refractivity contribution in [2.75, 3.05) is 18.1 Å². The van der Waals surface area contributed by atoms with E-state index in [9.17, 15) is 4.79 Å². The maximum Gasteiger partial charge on any atom is 0.224 e. The molecule has 0 spiro atoms. The summed E-state index contributed by atoms with van der Waals surface area (Å²) in [6, 6.07) is 7.92. The third kappa shape index (κ3) is 6.12. The molecule has 19 heavy (non-hydrogen) atoms. The molecule has 0 aliphatic rings. The van der Waals surface area contributed by atoms with E-state index in [1.807, 2.05) is 30.5 Å². The van der Waals surface area contributed by atoms with Gasteiger partial charge < -0.3 is 11.1 Å². The largest absolute Gasteiger partial charge is 0.330 e. The lowest BCUT2D eigenvalue weighted by Crippen LogP contribution is -2.15. The van der Waals surface area contributed by atoms with Gasteiger partial charge in [0.1, 0.15) is 0 Å². The van der Waals surface area contributed by atoms with Crippen molar-refractivity contribution < 1.29 is 4.79 Å². The molecule has 1 atom stereocenters. The highest BCUT2D eigenvalue weighted by Crippen LogP contribution is 2.20. The Labute approximate surface area is 120 Å². The Morgan fingerprint density at radius 1 is 1.42 bits per heavy atom. The van der Waals surface area contributed by atoms with Gasteiger partial charge in [0.2, 0.25) is 5.91 Å². The van der Waals surface area contributed by atoms with Crippen molar-refractivity contribution in [1.82, 2.24) is 0 Å². The molecule has 106 valence electrons. The molecule has 0 heterocycles. The number of anilines is 1. The van der Waals surface area contributed by atoms with E-state index in [2.05, 4.69) is 12.2 Å². The Morgan fingerprint density at radius 2 is 2.21 bits per heavy atom. The molecule has 0 aromatic heterocycles. The Hall–Kier alpha value is -1.00. The second-order valence-electron chi connectivity index (χ2n) is 4.67. The molecule has 0 radical (unpaired) electrons. The standard InChI is InChI=1S/C15H24N2OS/c1-3-12(9-10-16)7-8-15(18)17-13-5-4-6-14(11-13)19-2/h4-6,11-12H,3,7-10,16H2,1-2H3,(H,17,18). The van der Waals surface area contributed by atoms with Crippen LogP contribution >= 0.6 is 11.8 Å². The fraction of sp³-hybridized carbons (Fsp3) is 0.533. The minimum absolute atomic E-state index is 0.0914. The van der Waals surface area contributed by atoms with Gasteiger partial charge in [0, 0.05) is 17.0 Å².